The highest BCUT2D eigenvalue weighted by molar-refractivity contribution is 7.20. The molecule has 0 saturated heterocycles. The van der Waals surface area contributed by atoms with E-state index in [1.54, 1.807) is 31.2 Å². The van der Waals surface area contributed by atoms with Gasteiger partial charge in [-0.15, -0.1) is 11.3 Å². The van der Waals surface area contributed by atoms with Gasteiger partial charge in [-0.25, -0.2) is 9.59 Å². The number of carbonyl (C=O) groups excluding carboxylic acids is 1. The molecule has 2 heterocycles. The highest BCUT2D eigenvalue weighted by Crippen LogP contribution is 2.22. The molecular weight excluding hydrogens is 458 g/mol. The van der Waals surface area contributed by atoms with E-state index >= 15 is 0 Å². The fraction of sp³-hybridized carbons (Fsp3) is 0.167. The number of aryl methyl sites for hydroxylation is 2. The van der Waals surface area contributed by atoms with Crippen molar-refractivity contribution in [2.45, 2.75) is 20.0 Å². The van der Waals surface area contributed by atoms with E-state index in [1.807, 2.05) is 0 Å². The first-order valence-electron chi connectivity index (χ1n) is 10.3. The number of nitrogens with one attached hydrogen (secondary N) is 1. The molecule has 0 spiro atoms. The van der Waals surface area contributed by atoms with E-state index in [0.717, 1.165) is 15.9 Å². The van der Waals surface area contributed by atoms with E-state index < -0.39 is 23.1 Å². The van der Waals surface area contributed by atoms with Crippen LogP contribution in [0.4, 0.5) is 0 Å². The molecule has 0 radical (unpaired) electrons. The Kier molecular flexibility index (Phi) is 6.08. The summed E-state index contributed by atoms with van der Waals surface area (Å²) in [5.74, 6) is -1.36. The summed E-state index contributed by atoms with van der Waals surface area (Å²) in [5, 5.41) is 21.7. The average molecular weight is 480 g/mol. The first-order valence-corrected chi connectivity index (χ1v) is 11.1. The minimum Gasteiger partial charge on any atom is -0.508 e. The van der Waals surface area contributed by atoms with Crippen molar-refractivity contribution in [2.75, 3.05) is 0 Å². The van der Waals surface area contributed by atoms with Gasteiger partial charge in [-0.3, -0.25) is 18.7 Å². The van der Waals surface area contributed by atoms with E-state index in [4.69, 9.17) is 0 Å². The number of aromatic nitrogens is 2. The molecule has 2 aromatic carbocycles. The summed E-state index contributed by atoms with van der Waals surface area (Å²) < 4.78 is 2.39. The molecule has 2 aromatic heterocycles. The number of amides is 1. The summed E-state index contributed by atoms with van der Waals surface area (Å²) in [7, 11) is 1.53. The largest absolute Gasteiger partial charge is 0.508 e. The van der Waals surface area contributed by atoms with Gasteiger partial charge in [-0.2, -0.15) is 0 Å². The number of phenolic OH excluding ortho intramolecular Hbond substituents is 1. The van der Waals surface area contributed by atoms with Gasteiger partial charge in [-0.05, 0) is 47.9 Å². The maximum absolute atomic E-state index is 13.1. The van der Waals surface area contributed by atoms with Crippen LogP contribution in [-0.4, -0.2) is 31.2 Å². The molecule has 9 nitrogen and oxygen atoms in total. The molecule has 174 valence electrons. The number of fused-ring (bicyclic) bond motifs is 1. The second-order valence-electron chi connectivity index (χ2n) is 7.87. The van der Waals surface area contributed by atoms with Crippen molar-refractivity contribution in [1.82, 2.24) is 14.5 Å². The maximum Gasteiger partial charge on any atom is 0.335 e. The number of carboxylic acids is 1. The number of carbonyl (C=O) groups is 2. The molecule has 10 heteroatoms. The predicted molar refractivity (Wildman–Crippen MR) is 128 cm³/mol. The Morgan fingerprint density at radius 2 is 1.82 bits per heavy atom. The number of thiophene rings is 1. The lowest BCUT2D eigenvalue weighted by Crippen LogP contribution is -2.38. The van der Waals surface area contributed by atoms with Gasteiger partial charge in [0.25, 0.3) is 11.5 Å². The van der Waals surface area contributed by atoms with Crippen LogP contribution in [0.15, 0.2) is 58.1 Å². The minimum atomic E-state index is -1.05. The van der Waals surface area contributed by atoms with Crippen LogP contribution < -0.4 is 16.6 Å². The van der Waals surface area contributed by atoms with E-state index in [0.29, 0.717) is 21.5 Å². The Hall–Kier alpha value is -4.18. The highest BCUT2D eigenvalue weighted by Gasteiger charge is 2.18. The minimum absolute atomic E-state index is 0.0307. The monoisotopic (exact) mass is 479 g/mol. The van der Waals surface area contributed by atoms with Crippen molar-refractivity contribution in [3.8, 4) is 5.75 Å². The van der Waals surface area contributed by atoms with E-state index in [9.17, 15) is 29.4 Å². The molecule has 1 amide bonds. The molecule has 0 fully saturated rings. The van der Waals surface area contributed by atoms with Gasteiger partial charge in [0.15, 0.2) is 0 Å². The van der Waals surface area contributed by atoms with Gasteiger partial charge in [0, 0.05) is 13.6 Å². The van der Waals surface area contributed by atoms with Crippen LogP contribution in [-0.2, 0) is 20.1 Å². The third-order valence-electron chi connectivity index (χ3n) is 5.46. The quantitative estimate of drug-likeness (QED) is 0.389. The Labute approximate surface area is 197 Å². The maximum atomic E-state index is 13.1. The van der Waals surface area contributed by atoms with Crippen LogP contribution in [0, 0.1) is 6.92 Å². The van der Waals surface area contributed by atoms with Crippen LogP contribution in [0.2, 0.25) is 0 Å². The molecule has 0 aliphatic rings. The molecule has 4 rings (SSSR count). The van der Waals surface area contributed by atoms with Crippen LogP contribution >= 0.6 is 11.3 Å². The van der Waals surface area contributed by atoms with Crippen molar-refractivity contribution >= 4 is 33.4 Å². The van der Waals surface area contributed by atoms with Crippen molar-refractivity contribution in [1.29, 1.82) is 0 Å². The average Bonchev–Trinajstić information content (AvgIpc) is 3.25. The van der Waals surface area contributed by atoms with Gasteiger partial charge >= 0.3 is 11.7 Å². The molecule has 0 bridgehead atoms. The smallest absolute Gasteiger partial charge is 0.335 e. The molecule has 4 aromatic rings. The zero-order valence-corrected chi connectivity index (χ0v) is 19.2. The third kappa shape index (κ3) is 4.35. The number of carboxylic acid groups (broad SMARTS) is 1. The van der Waals surface area contributed by atoms with Gasteiger partial charge in [0.1, 0.15) is 10.6 Å². The number of aromatic carboxylic acids is 1. The summed E-state index contributed by atoms with van der Waals surface area (Å²) in [5.41, 5.74) is 0.942. The molecule has 34 heavy (non-hydrogen) atoms. The van der Waals surface area contributed by atoms with E-state index in [1.165, 1.54) is 35.9 Å². The highest BCUT2D eigenvalue weighted by atomic mass is 32.1. The van der Waals surface area contributed by atoms with Crippen molar-refractivity contribution in [3.63, 3.8) is 0 Å². The topological polar surface area (TPSA) is 131 Å². The number of phenols is 1. The van der Waals surface area contributed by atoms with Crippen molar-refractivity contribution < 1.29 is 19.8 Å². The molecule has 0 aliphatic carbocycles. The summed E-state index contributed by atoms with van der Waals surface area (Å²) >= 11 is 1.04. The fourth-order valence-corrected chi connectivity index (χ4v) is 4.74. The lowest BCUT2D eigenvalue weighted by atomic mass is 10.1. The fourth-order valence-electron chi connectivity index (χ4n) is 3.72. The number of aromatic hydroxyl groups is 1. The summed E-state index contributed by atoms with van der Waals surface area (Å²) in [4.78, 5) is 50.6. The predicted octanol–water partition coefficient (Wildman–Crippen LogP) is 2.45. The Morgan fingerprint density at radius 1 is 1.06 bits per heavy atom. The van der Waals surface area contributed by atoms with E-state index in [-0.39, 0.29) is 34.7 Å². The van der Waals surface area contributed by atoms with Gasteiger partial charge in [0.2, 0.25) is 0 Å². The van der Waals surface area contributed by atoms with Crippen LogP contribution in [0.1, 0.15) is 36.7 Å². The number of benzene rings is 2. The number of hydrogen-bond acceptors (Lipinski definition) is 6. The SMILES string of the molecule is Cc1cc(Cn2c(=O)c3cc(C(=O)NCc4cccc(O)c4)sc3n(C)c2=O)ccc1C(=O)O. The van der Waals surface area contributed by atoms with Crippen LogP contribution in [0.5, 0.6) is 5.75 Å². The third-order valence-corrected chi connectivity index (χ3v) is 6.67. The second kappa shape index (κ2) is 8.99. The number of rotatable bonds is 6. The first kappa shape index (κ1) is 23.0. The standard InChI is InChI=1S/C24H21N3O6S/c1-13-8-15(6-7-17(13)23(31)32)12-27-21(30)18-10-19(34-22(18)26(2)24(27)33)20(29)25-11-14-4-3-5-16(28)9-14/h3-10,28H,11-12H2,1-2H3,(H,25,29)(H,31,32). The zero-order valence-electron chi connectivity index (χ0n) is 18.4. The normalized spacial score (nSPS) is 11.0. The molecule has 0 atom stereocenters. The second-order valence-corrected chi connectivity index (χ2v) is 8.90. The van der Waals surface area contributed by atoms with Gasteiger partial charge < -0.3 is 15.5 Å². The molecule has 0 unspecified atom stereocenters. The van der Waals surface area contributed by atoms with Crippen molar-refractivity contribution in [2.24, 2.45) is 7.05 Å². The van der Waals surface area contributed by atoms with Gasteiger partial charge in [0.05, 0.1) is 22.4 Å². The lowest BCUT2D eigenvalue weighted by Gasteiger charge is -2.10. The Balaban J connectivity index is 1.65. The molecule has 3 N–H and O–H groups in total. The number of hydrogen-bond donors (Lipinski definition) is 3. The van der Waals surface area contributed by atoms with E-state index in [2.05, 4.69) is 5.32 Å². The van der Waals surface area contributed by atoms with Crippen LogP contribution in [0.25, 0.3) is 10.2 Å². The van der Waals surface area contributed by atoms with Crippen molar-refractivity contribution in [3.05, 3.63) is 96.5 Å². The summed E-state index contributed by atoms with van der Waals surface area (Å²) in [6.45, 7) is 1.81. The summed E-state index contributed by atoms with van der Waals surface area (Å²) in [6, 6.07) is 12.6. The Bertz CT molecular complexity index is 1560. The number of nitrogens with zero attached hydrogens (tertiary/aromatic N) is 2. The molecule has 0 saturated carbocycles. The Morgan fingerprint density at radius 3 is 2.50 bits per heavy atom. The first-order chi connectivity index (χ1) is 16.2. The molecular formula is C24H21N3O6S. The molecule has 0 aliphatic heterocycles. The van der Waals surface area contributed by atoms with Gasteiger partial charge in [-0.1, -0.05) is 24.3 Å². The lowest BCUT2D eigenvalue weighted by molar-refractivity contribution is 0.0695. The zero-order chi connectivity index (χ0) is 24.6. The summed E-state index contributed by atoms with van der Waals surface area (Å²) in [6.07, 6.45) is 0. The van der Waals surface area contributed by atoms with Crippen LogP contribution in [0.3, 0.4) is 0 Å².